The van der Waals surface area contributed by atoms with Crippen LogP contribution in [-0.4, -0.2) is 17.1 Å². The van der Waals surface area contributed by atoms with Crippen LogP contribution in [0.1, 0.15) is 5.82 Å². The number of imidazole rings is 1. The third-order valence-electron chi connectivity index (χ3n) is 3.30. The van der Waals surface area contributed by atoms with Gasteiger partial charge in [-0.1, -0.05) is 23.7 Å². The lowest BCUT2D eigenvalue weighted by Gasteiger charge is -2.08. The highest BCUT2D eigenvalue weighted by Gasteiger charge is 2.08. The summed E-state index contributed by atoms with van der Waals surface area (Å²) in [6.45, 7) is 0. The molecule has 23 heavy (non-hydrogen) atoms. The molecule has 3 aromatic rings. The number of halogens is 1. The molecule has 0 atom stereocenters. The molecule has 0 amide bonds. The van der Waals surface area contributed by atoms with E-state index >= 15 is 0 Å². The van der Waals surface area contributed by atoms with Crippen molar-refractivity contribution < 1.29 is 4.74 Å². The molecule has 0 spiro atoms. The molecule has 0 aliphatic rings. The number of benzene rings is 2. The first kappa shape index (κ1) is 14.9. The molecule has 3 rings (SSSR count). The summed E-state index contributed by atoms with van der Waals surface area (Å²) in [7, 11) is 1.57. The van der Waals surface area contributed by atoms with Gasteiger partial charge in [-0.3, -0.25) is 0 Å². The Labute approximate surface area is 138 Å². The van der Waals surface area contributed by atoms with Crippen LogP contribution < -0.4 is 10.1 Å². The fourth-order valence-electron chi connectivity index (χ4n) is 2.18. The summed E-state index contributed by atoms with van der Waals surface area (Å²) in [6, 6.07) is 15.0. The number of nitrogens with one attached hydrogen (secondary N) is 2. The predicted molar refractivity (Wildman–Crippen MR) is 91.3 cm³/mol. The second-order valence-corrected chi connectivity index (χ2v) is 5.20. The van der Waals surface area contributed by atoms with Crippen LogP contribution in [0.3, 0.4) is 0 Å². The average Bonchev–Trinajstić information content (AvgIpc) is 2.99. The third kappa shape index (κ3) is 3.12. The van der Waals surface area contributed by atoms with E-state index in [4.69, 9.17) is 16.3 Å². The molecule has 1 heterocycles. The van der Waals surface area contributed by atoms with Gasteiger partial charge in [0.2, 0.25) is 0 Å². The maximum atomic E-state index is 9.39. The quantitative estimate of drug-likeness (QED) is 0.705. The number of ether oxygens (including phenoxy) is 1. The number of methoxy groups -OCH3 is 1. The minimum Gasteiger partial charge on any atom is -0.495 e. The Hall–Kier alpha value is -2.97. The number of H-pyrrole nitrogens is 1. The van der Waals surface area contributed by atoms with Crippen molar-refractivity contribution in [1.82, 2.24) is 9.97 Å². The SMILES string of the molecule is COc1ccc(Cl)cc1N/C=C(\C#N)c1nc2ccccc2[nH]1. The van der Waals surface area contributed by atoms with Crippen LogP contribution in [0.2, 0.25) is 5.02 Å². The smallest absolute Gasteiger partial charge is 0.150 e. The van der Waals surface area contributed by atoms with Crippen molar-refractivity contribution in [2.45, 2.75) is 0 Å². The standard InChI is InChI=1S/C17H13ClN4O/c1-23-16-7-6-12(18)8-15(16)20-10-11(9-19)17-21-13-4-2-3-5-14(13)22-17/h2-8,10,20H,1H3,(H,21,22)/b11-10+. The van der Waals surface area contributed by atoms with Crippen molar-refractivity contribution in [3.63, 3.8) is 0 Å². The summed E-state index contributed by atoms with van der Waals surface area (Å²) in [4.78, 5) is 7.54. The summed E-state index contributed by atoms with van der Waals surface area (Å²) >= 11 is 5.99. The van der Waals surface area contributed by atoms with Crippen molar-refractivity contribution in [3.05, 3.63) is 59.5 Å². The van der Waals surface area contributed by atoms with Crippen LogP contribution in [-0.2, 0) is 0 Å². The molecule has 1 aromatic heterocycles. The molecule has 0 radical (unpaired) electrons. The lowest BCUT2D eigenvalue weighted by atomic mass is 10.2. The molecule has 2 aromatic carbocycles. The monoisotopic (exact) mass is 324 g/mol. The molecule has 0 bridgehead atoms. The van der Waals surface area contributed by atoms with Gasteiger partial charge in [-0.2, -0.15) is 5.26 Å². The highest BCUT2D eigenvalue weighted by molar-refractivity contribution is 6.30. The van der Waals surface area contributed by atoms with Gasteiger partial charge in [0.05, 0.1) is 23.8 Å². The van der Waals surface area contributed by atoms with Gasteiger partial charge in [-0.15, -0.1) is 0 Å². The van der Waals surface area contributed by atoms with E-state index in [1.165, 1.54) is 0 Å². The molecule has 5 nitrogen and oxygen atoms in total. The van der Waals surface area contributed by atoms with Gasteiger partial charge in [0, 0.05) is 11.2 Å². The Bertz CT molecular complexity index is 891. The average molecular weight is 325 g/mol. The van der Waals surface area contributed by atoms with Crippen LogP contribution in [0, 0.1) is 11.3 Å². The number of anilines is 1. The van der Waals surface area contributed by atoms with Crippen molar-refractivity contribution in [3.8, 4) is 11.8 Å². The van der Waals surface area contributed by atoms with E-state index < -0.39 is 0 Å². The van der Waals surface area contributed by atoms with Crippen LogP contribution in [0.15, 0.2) is 48.7 Å². The molecule has 0 fully saturated rings. The zero-order valence-corrected chi connectivity index (χ0v) is 13.1. The molecule has 0 aliphatic heterocycles. The Morgan fingerprint density at radius 3 is 2.91 bits per heavy atom. The Kier molecular flexibility index (Phi) is 4.18. The van der Waals surface area contributed by atoms with Gasteiger partial charge >= 0.3 is 0 Å². The van der Waals surface area contributed by atoms with Gasteiger partial charge in [0.15, 0.2) is 5.82 Å². The number of allylic oxidation sites excluding steroid dienone is 1. The number of rotatable bonds is 4. The number of aromatic amines is 1. The van der Waals surface area contributed by atoms with E-state index in [2.05, 4.69) is 21.4 Å². The number of nitrogens with zero attached hydrogens (tertiary/aromatic N) is 2. The topological polar surface area (TPSA) is 73.7 Å². The number of nitriles is 1. The number of hydrogen-bond donors (Lipinski definition) is 2. The van der Waals surface area contributed by atoms with Crippen molar-refractivity contribution in [2.24, 2.45) is 0 Å². The lowest BCUT2D eigenvalue weighted by Crippen LogP contribution is -1.95. The number of para-hydroxylation sites is 2. The van der Waals surface area contributed by atoms with E-state index in [-0.39, 0.29) is 0 Å². The van der Waals surface area contributed by atoms with E-state index in [1.807, 2.05) is 24.3 Å². The third-order valence-corrected chi connectivity index (χ3v) is 3.53. The number of fused-ring (bicyclic) bond motifs is 1. The molecule has 114 valence electrons. The van der Waals surface area contributed by atoms with Gasteiger partial charge in [-0.25, -0.2) is 4.98 Å². The Morgan fingerprint density at radius 2 is 2.17 bits per heavy atom. The van der Waals surface area contributed by atoms with Crippen LogP contribution in [0.25, 0.3) is 16.6 Å². The van der Waals surface area contributed by atoms with Crippen molar-refractivity contribution >= 4 is 33.9 Å². The first-order valence-electron chi connectivity index (χ1n) is 6.86. The second kappa shape index (κ2) is 6.42. The van der Waals surface area contributed by atoms with E-state index in [9.17, 15) is 5.26 Å². The summed E-state index contributed by atoms with van der Waals surface area (Å²) < 4.78 is 5.26. The zero-order chi connectivity index (χ0) is 16.2. The van der Waals surface area contributed by atoms with Crippen LogP contribution in [0.4, 0.5) is 5.69 Å². The molecule has 0 saturated carbocycles. The lowest BCUT2D eigenvalue weighted by molar-refractivity contribution is 0.417. The molecule has 6 heteroatoms. The van der Waals surface area contributed by atoms with Gasteiger partial charge in [-0.05, 0) is 30.3 Å². The predicted octanol–water partition coefficient (Wildman–Crippen LogP) is 4.20. The molecule has 0 aliphatic carbocycles. The number of aromatic nitrogens is 2. The van der Waals surface area contributed by atoms with Gasteiger partial charge < -0.3 is 15.0 Å². The highest BCUT2D eigenvalue weighted by atomic mass is 35.5. The van der Waals surface area contributed by atoms with E-state index in [1.54, 1.807) is 31.5 Å². The number of hydrogen-bond acceptors (Lipinski definition) is 4. The van der Waals surface area contributed by atoms with E-state index in [0.29, 0.717) is 27.9 Å². The van der Waals surface area contributed by atoms with Crippen molar-refractivity contribution in [1.29, 1.82) is 5.26 Å². The zero-order valence-electron chi connectivity index (χ0n) is 12.3. The summed E-state index contributed by atoms with van der Waals surface area (Å²) in [6.07, 6.45) is 1.58. The maximum Gasteiger partial charge on any atom is 0.150 e. The normalized spacial score (nSPS) is 11.3. The molecular weight excluding hydrogens is 312 g/mol. The maximum absolute atomic E-state index is 9.39. The summed E-state index contributed by atoms with van der Waals surface area (Å²) in [5, 5.41) is 13.0. The molecule has 0 saturated heterocycles. The fourth-order valence-corrected chi connectivity index (χ4v) is 2.35. The fraction of sp³-hybridized carbons (Fsp3) is 0.0588. The van der Waals surface area contributed by atoms with Crippen molar-refractivity contribution in [2.75, 3.05) is 12.4 Å². The molecule has 2 N–H and O–H groups in total. The molecular formula is C17H13ClN4O. The second-order valence-electron chi connectivity index (χ2n) is 4.76. The van der Waals surface area contributed by atoms with Crippen LogP contribution in [0.5, 0.6) is 5.75 Å². The van der Waals surface area contributed by atoms with Gasteiger partial charge in [0.25, 0.3) is 0 Å². The Balaban J connectivity index is 1.93. The highest BCUT2D eigenvalue weighted by Crippen LogP contribution is 2.28. The summed E-state index contributed by atoms with van der Waals surface area (Å²) in [5.74, 6) is 1.13. The first-order chi connectivity index (χ1) is 11.2. The first-order valence-corrected chi connectivity index (χ1v) is 7.24. The molecule has 0 unspecified atom stereocenters. The van der Waals surface area contributed by atoms with Gasteiger partial charge in [0.1, 0.15) is 17.4 Å². The minimum atomic E-state index is 0.378. The Morgan fingerprint density at radius 1 is 1.35 bits per heavy atom. The summed E-state index contributed by atoms with van der Waals surface area (Å²) in [5.41, 5.74) is 2.74. The van der Waals surface area contributed by atoms with Crippen LogP contribution >= 0.6 is 11.6 Å². The largest absolute Gasteiger partial charge is 0.495 e. The minimum absolute atomic E-state index is 0.378. The van der Waals surface area contributed by atoms with E-state index in [0.717, 1.165) is 11.0 Å².